The second-order valence-electron chi connectivity index (χ2n) is 3.35. The predicted octanol–water partition coefficient (Wildman–Crippen LogP) is 1.19. The number of carbonyl (C=O) groups excluding carboxylic acids is 2. The van der Waals surface area contributed by atoms with Crippen LogP contribution >= 0.6 is 0 Å². The third-order valence-corrected chi connectivity index (χ3v) is 2.02. The molecule has 6 nitrogen and oxygen atoms in total. The van der Waals surface area contributed by atoms with E-state index in [1.54, 1.807) is 0 Å². The highest BCUT2D eigenvalue weighted by molar-refractivity contribution is 6.03. The lowest BCUT2D eigenvalue weighted by molar-refractivity contribution is -0.131. The van der Waals surface area contributed by atoms with Gasteiger partial charge in [0, 0.05) is 12.2 Å². The van der Waals surface area contributed by atoms with Gasteiger partial charge in [0.1, 0.15) is 5.82 Å². The lowest BCUT2D eigenvalue weighted by atomic mass is 10.2. The van der Waals surface area contributed by atoms with Gasteiger partial charge >= 0.3 is 11.9 Å². The van der Waals surface area contributed by atoms with Crippen LogP contribution < -0.4 is 5.32 Å². The number of methoxy groups -OCH3 is 1. The number of hydrogen-bond acceptors (Lipinski definition) is 4. The second-order valence-corrected chi connectivity index (χ2v) is 3.35. The molecule has 1 aromatic rings. The van der Waals surface area contributed by atoms with Crippen LogP contribution in [0.5, 0.6) is 0 Å². The fourth-order valence-electron chi connectivity index (χ4n) is 1.19. The van der Waals surface area contributed by atoms with Crippen LogP contribution in [0.4, 0.5) is 10.1 Å². The molecule has 7 heteroatoms. The van der Waals surface area contributed by atoms with Crippen molar-refractivity contribution in [3.63, 3.8) is 0 Å². The van der Waals surface area contributed by atoms with Crippen molar-refractivity contribution in [1.82, 2.24) is 0 Å². The number of halogens is 1. The lowest BCUT2D eigenvalue weighted by Gasteiger charge is -2.06. The van der Waals surface area contributed by atoms with Crippen LogP contribution in [0.3, 0.4) is 0 Å². The van der Waals surface area contributed by atoms with Crippen molar-refractivity contribution in [2.75, 3.05) is 12.4 Å². The normalized spacial score (nSPS) is 10.2. The number of anilines is 1. The predicted molar refractivity (Wildman–Crippen MR) is 63.1 cm³/mol. The number of aliphatic carboxylic acids is 1. The number of rotatable bonds is 4. The summed E-state index contributed by atoms with van der Waals surface area (Å²) in [4.78, 5) is 32.7. The number of benzene rings is 1. The molecule has 1 aromatic carbocycles. The molecule has 0 aliphatic rings. The third kappa shape index (κ3) is 4.23. The molecule has 0 aliphatic heterocycles. The summed E-state index contributed by atoms with van der Waals surface area (Å²) in [5.41, 5.74) is -0.190. The Kier molecular flexibility index (Phi) is 4.76. The van der Waals surface area contributed by atoms with E-state index in [1.165, 1.54) is 13.2 Å². The highest BCUT2D eigenvalue weighted by atomic mass is 19.1. The maximum atomic E-state index is 13.4. The molecule has 0 unspecified atom stereocenters. The summed E-state index contributed by atoms with van der Waals surface area (Å²) in [7, 11) is 1.17. The zero-order chi connectivity index (χ0) is 14.4. The van der Waals surface area contributed by atoms with Gasteiger partial charge in [0.15, 0.2) is 0 Å². The summed E-state index contributed by atoms with van der Waals surface area (Å²) in [6.07, 6.45) is 1.34. The fraction of sp³-hybridized carbons (Fsp3) is 0.0833. The first-order chi connectivity index (χ1) is 8.93. The van der Waals surface area contributed by atoms with E-state index < -0.39 is 23.7 Å². The zero-order valence-electron chi connectivity index (χ0n) is 9.84. The van der Waals surface area contributed by atoms with Gasteiger partial charge < -0.3 is 15.2 Å². The monoisotopic (exact) mass is 267 g/mol. The number of carboxylic acids is 1. The van der Waals surface area contributed by atoms with Crippen molar-refractivity contribution in [2.24, 2.45) is 0 Å². The summed E-state index contributed by atoms with van der Waals surface area (Å²) < 4.78 is 17.8. The largest absolute Gasteiger partial charge is 0.478 e. The number of esters is 1. The summed E-state index contributed by atoms with van der Waals surface area (Å²) in [6, 6.07) is 3.28. The molecule has 0 atom stereocenters. The molecule has 0 saturated heterocycles. The number of carbonyl (C=O) groups is 3. The van der Waals surface area contributed by atoms with E-state index in [2.05, 4.69) is 10.1 Å². The summed E-state index contributed by atoms with van der Waals surface area (Å²) in [6.45, 7) is 0. The first-order valence-electron chi connectivity index (χ1n) is 5.04. The molecule has 19 heavy (non-hydrogen) atoms. The Hall–Kier alpha value is -2.70. The van der Waals surface area contributed by atoms with Crippen LogP contribution in [-0.2, 0) is 14.3 Å². The Morgan fingerprint density at radius 2 is 2.00 bits per heavy atom. The smallest absolute Gasteiger partial charge is 0.337 e. The van der Waals surface area contributed by atoms with Gasteiger partial charge in [0.25, 0.3) is 0 Å². The fourth-order valence-corrected chi connectivity index (χ4v) is 1.19. The van der Waals surface area contributed by atoms with Crippen LogP contribution in [0.15, 0.2) is 30.4 Å². The van der Waals surface area contributed by atoms with Crippen LogP contribution in [0.2, 0.25) is 0 Å². The Morgan fingerprint density at radius 1 is 1.32 bits per heavy atom. The minimum absolute atomic E-state index is 0.0569. The van der Waals surface area contributed by atoms with Crippen molar-refractivity contribution >= 4 is 23.5 Å². The molecule has 0 bridgehead atoms. The van der Waals surface area contributed by atoms with Crippen molar-refractivity contribution in [3.05, 3.63) is 41.7 Å². The molecule has 0 saturated carbocycles. The number of hydrogen-bond donors (Lipinski definition) is 2. The minimum atomic E-state index is -1.31. The molecule has 100 valence electrons. The highest BCUT2D eigenvalue weighted by Gasteiger charge is 2.11. The molecular formula is C12H10FNO5. The average molecular weight is 267 g/mol. The Morgan fingerprint density at radius 3 is 2.58 bits per heavy atom. The van der Waals surface area contributed by atoms with Crippen LogP contribution in [0.25, 0.3) is 0 Å². The first kappa shape index (κ1) is 14.4. The molecule has 0 spiro atoms. The van der Waals surface area contributed by atoms with Crippen LogP contribution in [-0.4, -0.2) is 30.1 Å². The molecule has 2 N–H and O–H groups in total. The molecule has 0 radical (unpaired) electrons. The standard InChI is InChI=1S/C12H10FNO5/c1-19-12(18)7-2-3-8(13)9(6-7)14-10(15)4-5-11(16)17/h2-6H,1H3,(H,14,15)(H,16,17)/b5-4+. The van der Waals surface area contributed by atoms with E-state index in [9.17, 15) is 18.8 Å². The van der Waals surface area contributed by atoms with E-state index in [0.29, 0.717) is 6.08 Å². The second kappa shape index (κ2) is 6.29. The molecule has 0 aliphatic carbocycles. The van der Waals surface area contributed by atoms with Crippen molar-refractivity contribution in [1.29, 1.82) is 0 Å². The molecule has 0 fully saturated rings. The van der Waals surface area contributed by atoms with Gasteiger partial charge in [0.2, 0.25) is 5.91 Å². The number of ether oxygens (including phenoxy) is 1. The highest BCUT2D eigenvalue weighted by Crippen LogP contribution is 2.16. The lowest BCUT2D eigenvalue weighted by Crippen LogP contribution is -2.11. The maximum absolute atomic E-state index is 13.4. The molecular weight excluding hydrogens is 257 g/mol. The first-order valence-corrected chi connectivity index (χ1v) is 5.04. The van der Waals surface area contributed by atoms with Gasteiger partial charge in [-0.05, 0) is 18.2 Å². The van der Waals surface area contributed by atoms with Crippen LogP contribution in [0, 0.1) is 5.82 Å². The molecule has 1 amide bonds. The van der Waals surface area contributed by atoms with Gasteiger partial charge in [-0.1, -0.05) is 0 Å². The van der Waals surface area contributed by atoms with Crippen molar-refractivity contribution < 1.29 is 28.6 Å². The Balaban J connectivity index is 2.91. The zero-order valence-corrected chi connectivity index (χ0v) is 9.84. The minimum Gasteiger partial charge on any atom is -0.478 e. The summed E-state index contributed by atoms with van der Waals surface area (Å²) in [5, 5.41) is 10.4. The topological polar surface area (TPSA) is 92.7 Å². The van der Waals surface area contributed by atoms with Gasteiger partial charge in [-0.25, -0.2) is 14.0 Å². The average Bonchev–Trinajstić information content (AvgIpc) is 2.38. The van der Waals surface area contributed by atoms with Gasteiger partial charge in [-0.2, -0.15) is 0 Å². The summed E-state index contributed by atoms with van der Waals surface area (Å²) >= 11 is 0. The van der Waals surface area contributed by atoms with Gasteiger partial charge in [0.05, 0.1) is 18.4 Å². The van der Waals surface area contributed by atoms with Crippen LogP contribution in [0.1, 0.15) is 10.4 Å². The SMILES string of the molecule is COC(=O)c1ccc(F)c(NC(=O)/C=C/C(=O)O)c1. The molecule has 0 heterocycles. The third-order valence-electron chi connectivity index (χ3n) is 2.02. The quantitative estimate of drug-likeness (QED) is 0.631. The van der Waals surface area contributed by atoms with E-state index in [0.717, 1.165) is 18.2 Å². The van der Waals surface area contributed by atoms with E-state index >= 15 is 0 Å². The Labute approximate surface area is 107 Å². The number of carboxylic acid groups (broad SMARTS) is 1. The number of nitrogens with one attached hydrogen (secondary N) is 1. The van der Waals surface area contributed by atoms with E-state index in [4.69, 9.17) is 5.11 Å². The van der Waals surface area contributed by atoms with E-state index in [-0.39, 0.29) is 11.3 Å². The molecule has 1 rings (SSSR count). The maximum Gasteiger partial charge on any atom is 0.337 e. The van der Waals surface area contributed by atoms with E-state index in [1.807, 2.05) is 0 Å². The van der Waals surface area contributed by atoms with Gasteiger partial charge in [-0.15, -0.1) is 0 Å². The van der Waals surface area contributed by atoms with Crippen molar-refractivity contribution in [2.45, 2.75) is 0 Å². The molecule has 0 aromatic heterocycles. The summed E-state index contributed by atoms with van der Waals surface area (Å²) in [5.74, 6) is -3.58. The van der Waals surface area contributed by atoms with Crippen molar-refractivity contribution in [3.8, 4) is 0 Å². The number of amides is 1. The van der Waals surface area contributed by atoms with Gasteiger partial charge in [-0.3, -0.25) is 4.79 Å². The Bertz CT molecular complexity index is 553.